The Hall–Kier alpha value is -1.01. The van der Waals surface area contributed by atoms with Gasteiger partial charge in [0.1, 0.15) is 0 Å². The number of aromatic nitrogens is 1. The minimum absolute atomic E-state index is 0.500. The molecular weight excluding hydrogens is 224 g/mol. The Kier molecular flexibility index (Phi) is 3.50. The van der Waals surface area contributed by atoms with E-state index >= 15 is 0 Å². The number of nitrogens with zero attached hydrogens (tertiary/aromatic N) is 3. The van der Waals surface area contributed by atoms with E-state index in [-0.39, 0.29) is 0 Å². The van der Waals surface area contributed by atoms with Crippen molar-refractivity contribution in [3.63, 3.8) is 0 Å². The zero-order valence-corrected chi connectivity index (χ0v) is 10.6. The van der Waals surface area contributed by atoms with Crippen LogP contribution in [0.3, 0.4) is 0 Å². The molecule has 0 unspecified atom stereocenters. The first kappa shape index (κ1) is 11.5. The third-order valence-corrected chi connectivity index (χ3v) is 3.87. The third kappa shape index (κ3) is 2.08. The minimum Gasteiger partial charge on any atom is -0.490 e. The number of hydrogen-bond acceptors (Lipinski definition) is 6. The van der Waals surface area contributed by atoms with Crippen molar-refractivity contribution in [2.75, 3.05) is 50.5 Å². The van der Waals surface area contributed by atoms with E-state index in [4.69, 9.17) is 10.5 Å². The van der Waals surface area contributed by atoms with Gasteiger partial charge < -0.3 is 20.3 Å². The first-order valence-electron chi connectivity index (χ1n) is 5.52. The predicted molar refractivity (Wildman–Crippen MR) is 67.4 cm³/mol. The number of nitrogens with two attached hydrogens (primary N) is 1. The van der Waals surface area contributed by atoms with Crippen LogP contribution in [0, 0.1) is 0 Å². The molecule has 0 aromatic carbocycles. The molecule has 0 amide bonds. The normalized spacial score (nSPS) is 17.8. The van der Waals surface area contributed by atoms with E-state index in [2.05, 4.69) is 21.1 Å². The molecule has 5 nitrogen and oxygen atoms in total. The predicted octanol–water partition coefficient (Wildman–Crippen LogP) is 0.876. The van der Waals surface area contributed by atoms with Crippen molar-refractivity contribution in [2.45, 2.75) is 6.92 Å². The second kappa shape index (κ2) is 4.88. The van der Waals surface area contributed by atoms with Crippen LogP contribution in [0.5, 0.6) is 5.75 Å². The van der Waals surface area contributed by atoms with Crippen LogP contribution >= 0.6 is 11.5 Å². The maximum absolute atomic E-state index is 5.75. The van der Waals surface area contributed by atoms with Gasteiger partial charge >= 0.3 is 0 Å². The second-order valence-electron chi connectivity index (χ2n) is 3.83. The molecule has 1 saturated heterocycles. The number of likely N-dealkylation sites (N-methyl/N-ethyl adjacent to an activating group) is 1. The van der Waals surface area contributed by atoms with Gasteiger partial charge in [-0.1, -0.05) is 6.92 Å². The van der Waals surface area contributed by atoms with Crippen molar-refractivity contribution >= 4 is 22.4 Å². The summed E-state index contributed by atoms with van der Waals surface area (Å²) in [5, 5.41) is 1.07. The van der Waals surface area contributed by atoms with Crippen molar-refractivity contribution < 1.29 is 4.74 Å². The minimum atomic E-state index is 0.500. The van der Waals surface area contributed by atoms with E-state index < -0.39 is 0 Å². The monoisotopic (exact) mass is 242 g/mol. The standard InChI is InChI=1S/C10H18N4OS/c1-3-13-4-6-14(7-5-13)10-8(15-2)9(11)12-16-10/h3-7H2,1-2H3,(H2,11,12). The summed E-state index contributed by atoms with van der Waals surface area (Å²) in [6, 6.07) is 0. The van der Waals surface area contributed by atoms with Crippen molar-refractivity contribution in [1.82, 2.24) is 9.27 Å². The van der Waals surface area contributed by atoms with Gasteiger partial charge in [-0.15, -0.1) is 0 Å². The topological polar surface area (TPSA) is 54.6 Å². The maximum Gasteiger partial charge on any atom is 0.197 e. The number of ether oxygens (including phenoxy) is 1. The molecule has 2 N–H and O–H groups in total. The lowest BCUT2D eigenvalue weighted by atomic mass is 10.3. The summed E-state index contributed by atoms with van der Waals surface area (Å²) in [5.41, 5.74) is 5.75. The Morgan fingerprint density at radius 1 is 1.38 bits per heavy atom. The molecule has 16 heavy (non-hydrogen) atoms. The summed E-state index contributed by atoms with van der Waals surface area (Å²) in [5.74, 6) is 1.23. The molecule has 1 aliphatic heterocycles. The molecule has 6 heteroatoms. The molecule has 0 saturated carbocycles. The van der Waals surface area contributed by atoms with E-state index in [0.717, 1.165) is 43.5 Å². The first-order valence-corrected chi connectivity index (χ1v) is 6.30. The maximum atomic E-state index is 5.75. The lowest BCUT2D eigenvalue weighted by Gasteiger charge is -2.34. The first-order chi connectivity index (χ1) is 7.76. The molecule has 1 aromatic heterocycles. The van der Waals surface area contributed by atoms with Gasteiger partial charge in [0.2, 0.25) is 0 Å². The summed E-state index contributed by atoms with van der Waals surface area (Å²) in [4.78, 5) is 4.74. The van der Waals surface area contributed by atoms with Gasteiger partial charge in [-0.05, 0) is 18.1 Å². The molecule has 0 bridgehead atoms. The smallest absolute Gasteiger partial charge is 0.197 e. The fraction of sp³-hybridized carbons (Fsp3) is 0.700. The highest BCUT2D eigenvalue weighted by molar-refractivity contribution is 7.11. The Morgan fingerprint density at radius 2 is 2.06 bits per heavy atom. The van der Waals surface area contributed by atoms with E-state index in [1.807, 2.05) is 0 Å². The number of hydrogen-bond donors (Lipinski definition) is 1. The van der Waals surface area contributed by atoms with Crippen molar-refractivity contribution in [3.05, 3.63) is 0 Å². The summed E-state index contributed by atoms with van der Waals surface area (Å²) in [6.07, 6.45) is 0. The molecular formula is C10H18N4OS. The zero-order valence-electron chi connectivity index (χ0n) is 9.77. The molecule has 0 spiro atoms. The van der Waals surface area contributed by atoms with Crippen LogP contribution < -0.4 is 15.4 Å². The van der Waals surface area contributed by atoms with Crippen LogP contribution in [0.25, 0.3) is 0 Å². The summed E-state index contributed by atoms with van der Waals surface area (Å²) in [7, 11) is 1.64. The van der Waals surface area contributed by atoms with Crippen LogP contribution in [0.2, 0.25) is 0 Å². The molecule has 2 heterocycles. The van der Waals surface area contributed by atoms with Gasteiger partial charge in [0, 0.05) is 26.2 Å². The van der Waals surface area contributed by atoms with Crippen molar-refractivity contribution in [3.8, 4) is 5.75 Å². The quantitative estimate of drug-likeness (QED) is 0.852. The zero-order chi connectivity index (χ0) is 11.5. The number of anilines is 2. The van der Waals surface area contributed by atoms with E-state index in [1.165, 1.54) is 11.5 Å². The molecule has 0 atom stereocenters. The van der Waals surface area contributed by atoms with Crippen LogP contribution in [0.4, 0.5) is 10.8 Å². The van der Waals surface area contributed by atoms with Gasteiger partial charge in [0.15, 0.2) is 16.6 Å². The second-order valence-corrected chi connectivity index (χ2v) is 4.58. The van der Waals surface area contributed by atoms with Crippen molar-refractivity contribution in [2.24, 2.45) is 0 Å². The molecule has 0 aliphatic carbocycles. The molecule has 1 aromatic rings. The summed E-state index contributed by atoms with van der Waals surface area (Å²) < 4.78 is 9.43. The van der Waals surface area contributed by atoms with Crippen molar-refractivity contribution in [1.29, 1.82) is 0 Å². The SMILES string of the molecule is CCN1CCN(c2snc(N)c2OC)CC1. The number of nitrogen functional groups attached to an aromatic ring is 1. The number of piperazine rings is 1. The Labute approximate surface area is 100.0 Å². The number of methoxy groups -OCH3 is 1. The van der Waals surface area contributed by atoms with E-state index in [9.17, 15) is 0 Å². The van der Waals surface area contributed by atoms with Gasteiger partial charge in [-0.25, -0.2) is 0 Å². The van der Waals surface area contributed by atoms with Gasteiger partial charge in [0.05, 0.1) is 7.11 Å². The number of rotatable bonds is 3. The fourth-order valence-corrected chi connectivity index (χ4v) is 2.78. The summed E-state index contributed by atoms with van der Waals surface area (Å²) >= 11 is 1.42. The molecule has 1 fully saturated rings. The average Bonchev–Trinajstić information content (AvgIpc) is 2.70. The van der Waals surface area contributed by atoms with Crippen LogP contribution in [-0.2, 0) is 0 Å². The van der Waals surface area contributed by atoms with E-state index in [0.29, 0.717) is 5.82 Å². The highest BCUT2D eigenvalue weighted by Gasteiger charge is 2.22. The van der Waals surface area contributed by atoms with Crippen LogP contribution in [-0.4, -0.2) is 49.1 Å². The highest BCUT2D eigenvalue weighted by atomic mass is 32.1. The van der Waals surface area contributed by atoms with Gasteiger partial charge in [-0.3, -0.25) is 0 Å². The highest BCUT2D eigenvalue weighted by Crippen LogP contribution is 2.38. The Balaban J connectivity index is 2.08. The van der Waals surface area contributed by atoms with Gasteiger partial charge in [0.25, 0.3) is 0 Å². The molecule has 0 radical (unpaired) electrons. The van der Waals surface area contributed by atoms with E-state index in [1.54, 1.807) is 7.11 Å². The Morgan fingerprint density at radius 3 is 2.62 bits per heavy atom. The fourth-order valence-electron chi connectivity index (χ4n) is 1.95. The molecule has 90 valence electrons. The van der Waals surface area contributed by atoms with Crippen LogP contribution in [0.1, 0.15) is 6.92 Å². The van der Waals surface area contributed by atoms with Crippen LogP contribution in [0.15, 0.2) is 0 Å². The average molecular weight is 242 g/mol. The third-order valence-electron chi connectivity index (χ3n) is 2.97. The summed E-state index contributed by atoms with van der Waals surface area (Å²) in [6.45, 7) is 7.54. The lowest BCUT2D eigenvalue weighted by molar-refractivity contribution is 0.271. The largest absolute Gasteiger partial charge is 0.490 e. The Bertz CT molecular complexity index is 347. The molecule has 2 rings (SSSR count). The van der Waals surface area contributed by atoms with Gasteiger partial charge in [-0.2, -0.15) is 4.37 Å². The molecule has 1 aliphatic rings. The lowest BCUT2D eigenvalue weighted by Crippen LogP contribution is -2.46.